The van der Waals surface area contributed by atoms with Crippen LogP contribution in [0.25, 0.3) is 0 Å². The highest BCUT2D eigenvalue weighted by Gasteiger charge is 2.46. The van der Waals surface area contributed by atoms with Gasteiger partial charge in [0.2, 0.25) is 5.91 Å². The average Bonchev–Trinajstić information content (AvgIpc) is 2.23. The van der Waals surface area contributed by atoms with E-state index in [1.165, 1.54) is 0 Å². The number of carbonyl (C=O) groups is 2. The van der Waals surface area contributed by atoms with Crippen LogP contribution in [0.3, 0.4) is 0 Å². The summed E-state index contributed by atoms with van der Waals surface area (Å²) in [6.45, 7) is 2.21. The number of amides is 1. The van der Waals surface area contributed by atoms with Crippen LogP contribution >= 0.6 is 0 Å². The Morgan fingerprint density at radius 1 is 1.18 bits per heavy atom. The molecule has 0 aromatic heterocycles. The SMILES string of the molecule is CC1CCC(C(=O)NC2(C(=O)O)CCC2)CC1. The molecule has 2 saturated carbocycles. The van der Waals surface area contributed by atoms with Gasteiger partial charge in [0.15, 0.2) is 0 Å². The zero-order valence-electron chi connectivity index (χ0n) is 10.4. The van der Waals surface area contributed by atoms with Gasteiger partial charge in [0.25, 0.3) is 0 Å². The van der Waals surface area contributed by atoms with Gasteiger partial charge in [-0.25, -0.2) is 4.79 Å². The van der Waals surface area contributed by atoms with E-state index < -0.39 is 11.5 Å². The molecule has 2 fully saturated rings. The average molecular weight is 239 g/mol. The lowest BCUT2D eigenvalue weighted by molar-refractivity contribution is -0.152. The van der Waals surface area contributed by atoms with E-state index in [9.17, 15) is 9.59 Å². The molecule has 1 amide bonds. The van der Waals surface area contributed by atoms with Gasteiger partial charge in [-0.3, -0.25) is 4.79 Å². The van der Waals surface area contributed by atoms with E-state index in [1.807, 2.05) is 0 Å². The smallest absolute Gasteiger partial charge is 0.329 e. The minimum absolute atomic E-state index is 0.0306. The lowest BCUT2D eigenvalue weighted by Crippen LogP contribution is -2.60. The van der Waals surface area contributed by atoms with Crippen molar-refractivity contribution < 1.29 is 14.7 Å². The van der Waals surface area contributed by atoms with Gasteiger partial charge < -0.3 is 10.4 Å². The van der Waals surface area contributed by atoms with Crippen molar-refractivity contribution >= 4 is 11.9 Å². The Labute approximate surface area is 102 Å². The summed E-state index contributed by atoms with van der Waals surface area (Å²) >= 11 is 0. The summed E-state index contributed by atoms with van der Waals surface area (Å²) in [5, 5.41) is 11.9. The first kappa shape index (κ1) is 12.4. The fourth-order valence-electron chi connectivity index (χ4n) is 2.78. The molecule has 2 aliphatic rings. The Kier molecular flexibility index (Phi) is 3.40. The molecule has 0 radical (unpaired) electrons. The number of aliphatic carboxylic acids is 1. The van der Waals surface area contributed by atoms with Crippen LogP contribution in [-0.2, 0) is 9.59 Å². The highest BCUT2D eigenvalue weighted by atomic mass is 16.4. The van der Waals surface area contributed by atoms with Crippen molar-refractivity contribution in [3.8, 4) is 0 Å². The Morgan fingerprint density at radius 2 is 1.76 bits per heavy atom. The molecule has 0 atom stereocenters. The summed E-state index contributed by atoms with van der Waals surface area (Å²) in [6, 6.07) is 0. The van der Waals surface area contributed by atoms with E-state index in [0.717, 1.165) is 32.1 Å². The van der Waals surface area contributed by atoms with Crippen LogP contribution in [0.2, 0.25) is 0 Å². The van der Waals surface area contributed by atoms with Crippen LogP contribution in [0, 0.1) is 11.8 Å². The molecule has 0 aromatic carbocycles. The van der Waals surface area contributed by atoms with Crippen LogP contribution in [0.1, 0.15) is 51.9 Å². The van der Waals surface area contributed by atoms with Gasteiger partial charge in [0.05, 0.1) is 0 Å². The van der Waals surface area contributed by atoms with E-state index in [0.29, 0.717) is 18.8 Å². The number of hydrogen-bond donors (Lipinski definition) is 2. The maximum Gasteiger partial charge on any atom is 0.329 e. The predicted octanol–water partition coefficient (Wildman–Crippen LogP) is 1.94. The van der Waals surface area contributed by atoms with Crippen molar-refractivity contribution in [1.29, 1.82) is 0 Å². The molecule has 0 bridgehead atoms. The van der Waals surface area contributed by atoms with Gasteiger partial charge in [-0.2, -0.15) is 0 Å². The lowest BCUT2D eigenvalue weighted by Gasteiger charge is -2.39. The number of carbonyl (C=O) groups excluding carboxylic acids is 1. The van der Waals surface area contributed by atoms with E-state index in [2.05, 4.69) is 12.2 Å². The summed E-state index contributed by atoms with van der Waals surface area (Å²) in [4.78, 5) is 23.2. The molecule has 4 heteroatoms. The zero-order chi connectivity index (χ0) is 12.5. The maximum atomic E-state index is 12.0. The van der Waals surface area contributed by atoms with E-state index in [1.54, 1.807) is 0 Å². The van der Waals surface area contributed by atoms with Crippen LogP contribution < -0.4 is 5.32 Å². The van der Waals surface area contributed by atoms with E-state index in [4.69, 9.17) is 5.11 Å². The van der Waals surface area contributed by atoms with Gasteiger partial charge in [-0.15, -0.1) is 0 Å². The van der Waals surface area contributed by atoms with Crippen molar-refractivity contribution in [3.05, 3.63) is 0 Å². The second-order valence-electron chi connectivity index (χ2n) is 5.69. The number of carboxylic acids is 1. The molecule has 0 spiro atoms. The minimum Gasteiger partial charge on any atom is -0.480 e. The minimum atomic E-state index is -0.944. The second-order valence-corrected chi connectivity index (χ2v) is 5.69. The normalized spacial score (nSPS) is 31.4. The first-order valence-corrected chi connectivity index (χ1v) is 6.59. The Morgan fingerprint density at radius 3 is 2.18 bits per heavy atom. The molecule has 2 aliphatic carbocycles. The Bertz CT molecular complexity index is 315. The monoisotopic (exact) mass is 239 g/mol. The molecule has 4 nitrogen and oxygen atoms in total. The third kappa shape index (κ3) is 2.45. The van der Waals surface area contributed by atoms with Crippen LogP contribution in [0.5, 0.6) is 0 Å². The van der Waals surface area contributed by atoms with Crippen LogP contribution in [-0.4, -0.2) is 22.5 Å². The van der Waals surface area contributed by atoms with Crippen molar-refractivity contribution in [3.63, 3.8) is 0 Å². The molecule has 2 rings (SSSR count). The van der Waals surface area contributed by atoms with Gasteiger partial charge >= 0.3 is 5.97 Å². The molecule has 0 saturated heterocycles. The summed E-state index contributed by atoms with van der Waals surface area (Å²) in [5.74, 6) is -0.181. The summed E-state index contributed by atoms with van der Waals surface area (Å²) in [5.41, 5.74) is -0.944. The third-order valence-corrected chi connectivity index (χ3v) is 4.37. The molecule has 17 heavy (non-hydrogen) atoms. The topological polar surface area (TPSA) is 66.4 Å². The fourth-order valence-corrected chi connectivity index (χ4v) is 2.78. The second kappa shape index (κ2) is 4.67. The quantitative estimate of drug-likeness (QED) is 0.791. The maximum absolute atomic E-state index is 12.0. The standard InChI is InChI=1S/C13H21NO3/c1-9-3-5-10(6-4-9)11(15)14-13(12(16)17)7-2-8-13/h9-10H,2-8H2,1H3,(H,14,15)(H,16,17). The van der Waals surface area contributed by atoms with Gasteiger partial charge in [0.1, 0.15) is 5.54 Å². The molecular formula is C13H21NO3. The third-order valence-electron chi connectivity index (χ3n) is 4.37. The molecule has 2 N–H and O–H groups in total. The van der Waals surface area contributed by atoms with Crippen molar-refractivity contribution in [2.75, 3.05) is 0 Å². The lowest BCUT2D eigenvalue weighted by atomic mass is 9.75. The molecule has 96 valence electrons. The first-order chi connectivity index (χ1) is 8.03. The highest BCUT2D eigenvalue weighted by Crippen LogP contribution is 2.34. The first-order valence-electron chi connectivity index (χ1n) is 6.59. The fraction of sp³-hybridized carbons (Fsp3) is 0.846. The molecule has 0 aromatic rings. The highest BCUT2D eigenvalue weighted by molar-refractivity contribution is 5.88. The van der Waals surface area contributed by atoms with Gasteiger partial charge in [0, 0.05) is 5.92 Å². The molecule has 0 unspecified atom stereocenters. The molecular weight excluding hydrogens is 218 g/mol. The predicted molar refractivity (Wildman–Crippen MR) is 63.5 cm³/mol. The van der Waals surface area contributed by atoms with E-state index in [-0.39, 0.29) is 11.8 Å². The van der Waals surface area contributed by atoms with Crippen LogP contribution in [0.4, 0.5) is 0 Å². The van der Waals surface area contributed by atoms with Gasteiger partial charge in [-0.05, 0) is 50.9 Å². The van der Waals surface area contributed by atoms with Crippen molar-refractivity contribution in [2.24, 2.45) is 11.8 Å². The summed E-state index contributed by atoms with van der Waals surface area (Å²) < 4.78 is 0. The Hall–Kier alpha value is -1.06. The van der Waals surface area contributed by atoms with E-state index >= 15 is 0 Å². The molecule has 0 aliphatic heterocycles. The largest absolute Gasteiger partial charge is 0.480 e. The van der Waals surface area contributed by atoms with Crippen molar-refractivity contribution in [1.82, 2.24) is 5.32 Å². The van der Waals surface area contributed by atoms with Gasteiger partial charge in [-0.1, -0.05) is 6.92 Å². The Balaban J connectivity index is 1.90. The number of nitrogens with one attached hydrogen (secondary N) is 1. The van der Waals surface area contributed by atoms with Crippen molar-refractivity contribution in [2.45, 2.75) is 57.4 Å². The number of rotatable bonds is 3. The molecule has 0 heterocycles. The summed E-state index contributed by atoms with van der Waals surface area (Å²) in [6.07, 6.45) is 6.03. The summed E-state index contributed by atoms with van der Waals surface area (Å²) in [7, 11) is 0. The number of hydrogen-bond acceptors (Lipinski definition) is 2. The number of carboxylic acid groups (broad SMARTS) is 1. The van der Waals surface area contributed by atoms with Crippen LogP contribution in [0.15, 0.2) is 0 Å². The zero-order valence-corrected chi connectivity index (χ0v) is 10.4.